The summed E-state index contributed by atoms with van der Waals surface area (Å²) < 4.78 is 31.2. The molecule has 0 spiro atoms. The molecule has 2 rings (SSSR count). The summed E-state index contributed by atoms with van der Waals surface area (Å²) in [4.78, 5) is 13.7. The summed E-state index contributed by atoms with van der Waals surface area (Å²) in [5, 5.41) is 0. The van der Waals surface area contributed by atoms with E-state index in [2.05, 4.69) is 20.9 Å². The van der Waals surface area contributed by atoms with Crippen molar-refractivity contribution in [3.05, 3.63) is 27.1 Å². The van der Waals surface area contributed by atoms with Crippen molar-refractivity contribution >= 4 is 26.0 Å². The first-order valence-electron chi connectivity index (χ1n) is 4.98. The first-order chi connectivity index (χ1) is 8.01. The molecule has 0 unspecified atom stereocenters. The van der Waals surface area contributed by atoms with Gasteiger partial charge in [0.2, 0.25) is 10.0 Å². The maximum Gasteiger partial charge on any atom is 0.268 e. The van der Waals surface area contributed by atoms with Crippen LogP contribution in [0.4, 0.5) is 0 Å². The molecule has 0 atom stereocenters. The van der Waals surface area contributed by atoms with Crippen LogP contribution in [0, 0.1) is 0 Å². The lowest BCUT2D eigenvalue weighted by atomic mass is 10.5. The van der Waals surface area contributed by atoms with E-state index in [1.165, 1.54) is 16.6 Å². The number of H-pyrrole nitrogens is 1. The van der Waals surface area contributed by atoms with Crippen LogP contribution in [0.15, 0.2) is 26.4 Å². The number of pyridine rings is 1. The van der Waals surface area contributed by atoms with Gasteiger partial charge in [-0.2, -0.15) is 4.31 Å². The molecule has 2 heterocycles. The van der Waals surface area contributed by atoms with Gasteiger partial charge >= 0.3 is 0 Å². The molecule has 1 aromatic rings. The normalized spacial score (nSPS) is 18.2. The highest BCUT2D eigenvalue weighted by atomic mass is 79.9. The highest BCUT2D eigenvalue weighted by Gasteiger charge is 2.28. The molecule has 17 heavy (non-hydrogen) atoms. The minimum Gasteiger partial charge on any atom is -0.379 e. The number of hydrogen-bond donors (Lipinski definition) is 1. The fourth-order valence-corrected chi connectivity index (χ4v) is 3.53. The molecule has 6 nitrogen and oxygen atoms in total. The third-order valence-corrected chi connectivity index (χ3v) is 4.78. The molecule has 0 bridgehead atoms. The molecule has 1 aliphatic rings. The predicted molar refractivity (Wildman–Crippen MR) is 64.3 cm³/mol. The zero-order chi connectivity index (χ0) is 12.5. The molecular formula is C9H11BrN2O4S. The van der Waals surface area contributed by atoms with Crippen LogP contribution in [-0.2, 0) is 14.8 Å². The second-order valence-electron chi connectivity index (χ2n) is 3.53. The molecule has 0 aliphatic carbocycles. The third-order valence-electron chi connectivity index (χ3n) is 2.42. The standard InChI is InChI=1S/C9H11BrN2O4S/c10-7-5-8(9(13)11-6-7)17(14,15)12-1-3-16-4-2-12/h5-6H,1-4H2,(H,11,13). The molecule has 1 aliphatic heterocycles. The number of aromatic amines is 1. The number of morpholine rings is 1. The SMILES string of the molecule is O=c1[nH]cc(Br)cc1S(=O)(=O)N1CCOCC1. The lowest BCUT2D eigenvalue weighted by Crippen LogP contribution is -2.42. The number of nitrogens with one attached hydrogen (secondary N) is 1. The van der Waals surface area contributed by atoms with Crippen molar-refractivity contribution in [2.45, 2.75) is 4.90 Å². The Morgan fingerprint density at radius 1 is 1.35 bits per heavy atom. The maximum atomic E-state index is 12.2. The quantitative estimate of drug-likeness (QED) is 0.841. The Labute approximate surface area is 107 Å². The van der Waals surface area contributed by atoms with Gasteiger partial charge in [0.25, 0.3) is 5.56 Å². The van der Waals surface area contributed by atoms with Crippen LogP contribution in [0.5, 0.6) is 0 Å². The number of nitrogens with zero attached hydrogens (tertiary/aromatic N) is 1. The number of aromatic nitrogens is 1. The molecule has 8 heteroatoms. The molecule has 1 N–H and O–H groups in total. The first kappa shape index (κ1) is 12.7. The molecule has 1 fully saturated rings. The fourth-order valence-electron chi connectivity index (χ4n) is 1.56. The number of halogens is 1. The van der Waals surface area contributed by atoms with Crippen molar-refractivity contribution in [2.24, 2.45) is 0 Å². The largest absolute Gasteiger partial charge is 0.379 e. The van der Waals surface area contributed by atoms with Crippen molar-refractivity contribution in [3.63, 3.8) is 0 Å². The summed E-state index contributed by atoms with van der Waals surface area (Å²) in [6.07, 6.45) is 1.40. The Balaban J connectivity index is 2.43. The number of hydrogen-bond acceptors (Lipinski definition) is 4. The van der Waals surface area contributed by atoms with Crippen molar-refractivity contribution in [1.82, 2.24) is 9.29 Å². The zero-order valence-corrected chi connectivity index (χ0v) is 11.3. The van der Waals surface area contributed by atoms with E-state index in [0.29, 0.717) is 17.7 Å². The lowest BCUT2D eigenvalue weighted by molar-refractivity contribution is 0.0730. The average Bonchev–Trinajstić information content (AvgIpc) is 2.33. The van der Waals surface area contributed by atoms with Crippen LogP contribution in [0.25, 0.3) is 0 Å². The van der Waals surface area contributed by atoms with Crippen LogP contribution >= 0.6 is 15.9 Å². The van der Waals surface area contributed by atoms with Crippen molar-refractivity contribution in [2.75, 3.05) is 26.3 Å². The van der Waals surface area contributed by atoms with E-state index in [-0.39, 0.29) is 18.0 Å². The number of ether oxygens (including phenoxy) is 1. The van der Waals surface area contributed by atoms with Crippen molar-refractivity contribution in [3.8, 4) is 0 Å². The Morgan fingerprint density at radius 3 is 2.65 bits per heavy atom. The Kier molecular flexibility index (Phi) is 3.67. The number of rotatable bonds is 2. The van der Waals surface area contributed by atoms with E-state index in [4.69, 9.17) is 4.74 Å². The first-order valence-corrected chi connectivity index (χ1v) is 7.21. The molecular weight excluding hydrogens is 312 g/mol. The van der Waals surface area contributed by atoms with Crippen molar-refractivity contribution < 1.29 is 13.2 Å². The van der Waals surface area contributed by atoms with Crippen LogP contribution in [0.2, 0.25) is 0 Å². The van der Waals surface area contributed by atoms with Gasteiger partial charge in [0.1, 0.15) is 4.90 Å². The number of sulfonamides is 1. The minimum absolute atomic E-state index is 0.242. The molecule has 1 aromatic heterocycles. The molecule has 0 radical (unpaired) electrons. The minimum atomic E-state index is -3.74. The van der Waals surface area contributed by atoms with Crippen LogP contribution in [0.3, 0.4) is 0 Å². The Bertz CT molecular complexity index is 563. The Morgan fingerprint density at radius 2 is 2.00 bits per heavy atom. The second kappa shape index (κ2) is 4.89. The van der Waals surface area contributed by atoms with Crippen LogP contribution in [-0.4, -0.2) is 44.0 Å². The van der Waals surface area contributed by atoms with E-state index >= 15 is 0 Å². The van der Waals surface area contributed by atoms with Gasteiger partial charge in [0, 0.05) is 23.8 Å². The summed E-state index contributed by atoms with van der Waals surface area (Å²) in [7, 11) is -3.74. The van der Waals surface area contributed by atoms with Gasteiger partial charge < -0.3 is 9.72 Å². The average molecular weight is 323 g/mol. The molecule has 1 saturated heterocycles. The lowest BCUT2D eigenvalue weighted by Gasteiger charge is -2.25. The van der Waals surface area contributed by atoms with Crippen LogP contribution in [0.1, 0.15) is 0 Å². The summed E-state index contributed by atoms with van der Waals surface area (Å²) in [6.45, 7) is 1.25. The predicted octanol–water partition coefficient (Wildman–Crippen LogP) is 0.158. The molecule has 0 saturated carbocycles. The second-order valence-corrected chi connectivity index (χ2v) is 6.35. The van der Waals surface area contributed by atoms with Crippen LogP contribution < -0.4 is 5.56 Å². The smallest absolute Gasteiger partial charge is 0.268 e. The van der Waals surface area contributed by atoms with Gasteiger partial charge in [0.05, 0.1) is 13.2 Å². The highest BCUT2D eigenvalue weighted by Crippen LogP contribution is 2.16. The topological polar surface area (TPSA) is 79.5 Å². The summed E-state index contributed by atoms with van der Waals surface area (Å²) in [5.41, 5.74) is -0.611. The van der Waals surface area contributed by atoms with Gasteiger partial charge in [-0.1, -0.05) is 0 Å². The van der Waals surface area contributed by atoms with E-state index in [9.17, 15) is 13.2 Å². The maximum absolute atomic E-state index is 12.2. The van der Waals surface area contributed by atoms with E-state index < -0.39 is 15.6 Å². The molecule has 94 valence electrons. The van der Waals surface area contributed by atoms with E-state index in [0.717, 1.165) is 0 Å². The summed E-state index contributed by atoms with van der Waals surface area (Å²) in [5.74, 6) is 0. The van der Waals surface area contributed by atoms with Gasteiger partial charge in [-0.05, 0) is 22.0 Å². The third kappa shape index (κ3) is 2.59. The molecule has 0 amide bonds. The highest BCUT2D eigenvalue weighted by molar-refractivity contribution is 9.10. The molecule has 0 aromatic carbocycles. The monoisotopic (exact) mass is 322 g/mol. The fraction of sp³-hybridized carbons (Fsp3) is 0.444. The van der Waals surface area contributed by atoms with E-state index in [1.54, 1.807) is 0 Å². The van der Waals surface area contributed by atoms with Crippen molar-refractivity contribution in [1.29, 1.82) is 0 Å². The van der Waals surface area contributed by atoms with E-state index in [1.807, 2.05) is 0 Å². The van der Waals surface area contributed by atoms with Gasteiger partial charge in [-0.25, -0.2) is 8.42 Å². The van der Waals surface area contributed by atoms with Gasteiger partial charge in [0.15, 0.2) is 0 Å². The van der Waals surface area contributed by atoms with Gasteiger partial charge in [-0.3, -0.25) is 4.79 Å². The summed E-state index contributed by atoms with van der Waals surface area (Å²) >= 11 is 3.13. The Hall–Kier alpha value is -0.700. The zero-order valence-electron chi connectivity index (χ0n) is 8.85. The van der Waals surface area contributed by atoms with Gasteiger partial charge in [-0.15, -0.1) is 0 Å². The summed E-state index contributed by atoms with van der Waals surface area (Å²) in [6, 6.07) is 1.31.